The van der Waals surface area contributed by atoms with Crippen LogP contribution in [0, 0.1) is 10.1 Å². The average molecular weight is 379 g/mol. The molecule has 8 heteroatoms. The number of amides is 2. The van der Waals surface area contributed by atoms with Crippen molar-refractivity contribution in [1.82, 2.24) is 9.88 Å². The molecule has 0 bridgehead atoms. The summed E-state index contributed by atoms with van der Waals surface area (Å²) in [6.45, 7) is 0.528. The molecule has 1 aromatic heterocycles. The molecule has 3 aromatic rings. The third kappa shape index (κ3) is 3.34. The van der Waals surface area contributed by atoms with Crippen molar-refractivity contribution < 1.29 is 14.5 Å². The highest BCUT2D eigenvalue weighted by Crippen LogP contribution is 2.30. The number of nitro benzene ring substituents is 1. The van der Waals surface area contributed by atoms with Crippen molar-refractivity contribution in [3.05, 3.63) is 80.9 Å². The van der Waals surface area contributed by atoms with E-state index in [-0.39, 0.29) is 10.9 Å². The number of thioether (sulfide) groups is 1. The number of fused-ring (bicyclic) bond motifs is 1. The number of para-hydroxylation sites is 1. The van der Waals surface area contributed by atoms with Gasteiger partial charge in [0.15, 0.2) is 0 Å². The second-order valence-electron chi connectivity index (χ2n) is 6.01. The van der Waals surface area contributed by atoms with Crippen molar-refractivity contribution in [2.75, 3.05) is 0 Å². The number of rotatable bonds is 4. The molecule has 1 fully saturated rings. The fourth-order valence-electron chi connectivity index (χ4n) is 3.00. The molecule has 4 rings (SSSR count). The Morgan fingerprint density at radius 3 is 2.52 bits per heavy atom. The van der Waals surface area contributed by atoms with Crippen molar-refractivity contribution in [3.8, 4) is 0 Å². The number of hydrogen-bond donors (Lipinski definition) is 1. The highest BCUT2D eigenvalue weighted by Gasteiger charge is 2.25. The first-order valence-corrected chi connectivity index (χ1v) is 8.89. The van der Waals surface area contributed by atoms with E-state index in [1.54, 1.807) is 18.2 Å². The Morgan fingerprint density at radius 1 is 1.11 bits per heavy atom. The summed E-state index contributed by atoms with van der Waals surface area (Å²) in [6, 6.07) is 14.2. The molecular formula is C19H13N3O4S. The zero-order valence-corrected chi connectivity index (χ0v) is 14.7. The van der Waals surface area contributed by atoms with Crippen LogP contribution in [0.15, 0.2) is 59.6 Å². The van der Waals surface area contributed by atoms with Gasteiger partial charge >= 0.3 is 0 Å². The summed E-state index contributed by atoms with van der Waals surface area (Å²) in [5.74, 6) is -0.391. The van der Waals surface area contributed by atoms with Crippen LogP contribution in [0.1, 0.15) is 11.1 Å². The molecule has 1 aliphatic heterocycles. The summed E-state index contributed by atoms with van der Waals surface area (Å²) in [4.78, 5) is 33.9. The zero-order chi connectivity index (χ0) is 19.0. The van der Waals surface area contributed by atoms with Gasteiger partial charge in [0.25, 0.3) is 16.8 Å². The van der Waals surface area contributed by atoms with Gasteiger partial charge in [-0.2, -0.15) is 0 Å². The van der Waals surface area contributed by atoms with Crippen LogP contribution < -0.4 is 5.32 Å². The van der Waals surface area contributed by atoms with Crippen LogP contribution in [0.25, 0.3) is 17.0 Å². The van der Waals surface area contributed by atoms with E-state index in [2.05, 4.69) is 5.32 Å². The van der Waals surface area contributed by atoms with Crippen molar-refractivity contribution in [3.63, 3.8) is 0 Å². The maximum atomic E-state index is 11.8. The summed E-state index contributed by atoms with van der Waals surface area (Å²) >= 11 is 0.883. The lowest BCUT2D eigenvalue weighted by molar-refractivity contribution is -0.384. The molecule has 0 spiro atoms. The first kappa shape index (κ1) is 17.0. The number of carbonyl (C=O) groups is 2. The van der Waals surface area contributed by atoms with Gasteiger partial charge in [0.2, 0.25) is 0 Å². The lowest BCUT2D eigenvalue weighted by Gasteiger charge is -2.05. The molecule has 2 aromatic carbocycles. The number of nitrogens with zero attached hydrogens (tertiary/aromatic N) is 2. The Morgan fingerprint density at radius 2 is 1.85 bits per heavy atom. The molecule has 0 atom stereocenters. The van der Waals surface area contributed by atoms with Crippen molar-refractivity contribution in [2.45, 2.75) is 6.54 Å². The third-order valence-corrected chi connectivity index (χ3v) is 5.06. The summed E-state index contributed by atoms with van der Waals surface area (Å²) in [6.07, 6.45) is 3.62. The molecule has 7 nitrogen and oxygen atoms in total. The van der Waals surface area contributed by atoms with E-state index in [1.165, 1.54) is 12.1 Å². The Kier molecular flexibility index (Phi) is 4.25. The molecule has 1 aliphatic rings. The van der Waals surface area contributed by atoms with Crippen LogP contribution in [0.2, 0.25) is 0 Å². The van der Waals surface area contributed by atoms with E-state index >= 15 is 0 Å². The summed E-state index contributed by atoms with van der Waals surface area (Å²) in [5, 5.41) is 13.6. The highest BCUT2D eigenvalue weighted by molar-refractivity contribution is 8.18. The van der Waals surface area contributed by atoms with Gasteiger partial charge in [-0.15, -0.1) is 0 Å². The van der Waals surface area contributed by atoms with E-state index in [0.717, 1.165) is 33.8 Å². The first-order chi connectivity index (χ1) is 13.0. The van der Waals surface area contributed by atoms with Gasteiger partial charge in [0.05, 0.1) is 9.83 Å². The normalized spacial score (nSPS) is 15.5. The van der Waals surface area contributed by atoms with E-state index in [9.17, 15) is 19.7 Å². The number of nitrogens with one attached hydrogen (secondary N) is 1. The smallest absolute Gasteiger partial charge is 0.290 e. The second-order valence-corrected chi connectivity index (χ2v) is 7.02. The van der Waals surface area contributed by atoms with Gasteiger partial charge in [-0.1, -0.05) is 30.3 Å². The molecule has 27 heavy (non-hydrogen) atoms. The zero-order valence-electron chi connectivity index (χ0n) is 13.9. The van der Waals surface area contributed by atoms with E-state index in [4.69, 9.17) is 0 Å². The van der Waals surface area contributed by atoms with Gasteiger partial charge < -0.3 is 4.57 Å². The van der Waals surface area contributed by atoms with Gasteiger partial charge in [-0.3, -0.25) is 25.0 Å². The highest BCUT2D eigenvalue weighted by atomic mass is 32.2. The molecule has 0 aliphatic carbocycles. The van der Waals surface area contributed by atoms with Crippen LogP contribution in [0.5, 0.6) is 0 Å². The van der Waals surface area contributed by atoms with E-state index < -0.39 is 10.8 Å². The van der Waals surface area contributed by atoms with Crippen LogP contribution in [-0.4, -0.2) is 20.6 Å². The number of nitro groups is 1. The van der Waals surface area contributed by atoms with Crippen LogP contribution in [0.4, 0.5) is 10.5 Å². The summed E-state index contributed by atoms with van der Waals surface area (Å²) in [7, 11) is 0. The predicted octanol–water partition coefficient (Wildman–Crippen LogP) is 3.92. The van der Waals surface area contributed by atoms with E-state index in [1.807, 2.05) is 35.0 Å². The Hall–Kier alpha value is -3.39. The second kappa shape index (κ2) is 6.73. The monoisotopic (exact) mass is 379 g/mol. The lowest BCUT2D eigenvalue weighted by atomic mass is 10.1. The Bertz CT molecular complexity index is 1120. The number of benzene rings is 2. The molecule has 2 amide bonds. The van der Waals surface area contributed by atoms with Crippen molar-refractivity contribution >= 4 is 45.6 Å². The van der Waals surface area contributed by atoms with Gasteiger partial charge in [-0.05, 0) is 29.5 Å². The largest absolute Gasteiger partial charge is 0.342 e. The number of imide groups is 1. The van der Waals surface area contributed by atoms with Gasteiger partial charge in [0, 0.05) is 41.3 Å². The standard InChI is InChI=1S/C19H13N3O4S/c23-18-17(27-19(24)20-18)9-13-11-21(16-4-2-1-3-15(13)16)10-12-5-7-14(8-6-12)22(25)26/h1-9,11H,10H2,(H,20,23,24)/b17-9+. The fraction of sp³-hybridized carbons (Fsp3) is 0.0526. The fourth-order valence-corrected chi connectivity index (χ4v) is 3.68. The molecule has 1 N–H and O–H groups in total. The minimum Gasteiger partial charge on any atom is -0.342 e. The maximum Gasteiger partial charge on any atom is 0.290 e. The molecule has 1 saturated heterocycles. The average Bonchev–Trinajstić information content (AvgIpc) is 3.15. The van der Waals surface area contributed by atoms with Gasteiger partial charge in [0.1, 0.15) is 0 Å². The number of hydrogen-bond acceptors (Lipinski definition) is 5. The predicted molar refractivity (Wildman–Crippen MR) is 103 cm³/mol. The maximum absolute atomic E-state index is 11.8. The van der Waals surface area contributed by atoms with Crippen LogP contribution in [0.3, 0.4) is 0 Å². The molecule has 0 radical (unpaired) electrons. The number of non-ortho nitro benzene ring substituents is 1. The minimum absolute atomic E-state index is 0.0514. The molecule has 0 saturated carbocycles. The Labute approximate surface area is 157 Å². The SMILES string of the molecule is O=C1NC(=O)/C(=C\c2cn(Cc3ccc([N+](=O)[O-])cc3)c3ccccc23)S1. The van der Waals surface area contributed by atoms with Crippen LogP contribution in [-0.2, 0) is 11.3 Å². The number of aromatic nitrogens is 1. The van der Waals surface area contributed by atoms with E-state index in [0.29, 0.717) is 11.4 Å². The summed E-state index contributed by atoms with van der Waals surface area (Å²) in [5.41, 5.74) is 2.77. The minimum atomic E-state index is -0.426. The number of carbonyl (C=O) groups excluding carboxylic acids is 2. The quantitative estimate of drug-likeness (QED) is 0.421. The summed E-state index contributed by atoms with van der Waals surface area (Å²) < 4.78 is 2.02. The molecule has 2 heterocycles. The first-order valence-electron chi connectivity index (χ1n) is 8.07. The third-order valence-electron chi connectivity index (χ3n) is 4.25. The molecule has 134 valence electrons. The molecule has 0 unspecified atom stereocenters. The van der Waals surface area contributed by atoms with Crippen molar-refractivity contribution in [2.24, 2.45) is 0 Å². The molecular weight excluding hydrogens is 366 g/mol. The Balaban J connectivity index is 1.72. The van der Waals surface area contributed by atoms with Crippen molar-refractivity contribution in [1.29, 1.82) is 0 Å². The topological polar surface area (TPSA) is 94.2 Å². The van der Waals surface area contributed by atoms with Gasteiger partial charge in [-0.25, -0.2) is 0 Å². The van der Waals surface area contributed by atoms with Crippen LogP contribution >= 0.6 is 11.8 Å². The lowest BCUT2D eigenvalue weighted by Crippen LogP contribution is -2.17.